The highest BCUT2D eigenvalue weighted by atomic mass is 19.4. The molecular weight excluding hydrogens is 337 g/mol. The van der Waals surface area contributed by atoms with Gasteiger partial charge in [0.1, 0.15) is 24.7 Å². The van der Waals surface area contributed by atoms with E-state index in [0.29, 0.717) is 29.0 Å². The number of amides is 1. The zero-order chi connectivity index (χ0) is 19.4. The summed E-state index contributed by atoms with van der Waals surface area (Å²) in [4.78, 5) is 25.3. The minimum Gasteiger partial charge on any atom is -0.330 e. The van der Waals surface area contributed by atoms with E-state index < -0.39 is 36.8 Å². The second kappa shape index (κ2) is 8.14. The van der Waals surface area contributed by atoms with Crippen LogP contribution in [0.2, 0.25) is 0 Å². The lowest BCUT2D eigenvalue weighted by Crippen LogP contribution is -2.46. The Bertz CT molecular complexity index is 733. The number of nitrogens with zero attached hydrogens (tertiary/aromatic N) is 4. The molecule has 6 nitrogen and oxygen atoms in total. The summed E-state index contributed by atoms with van der Waals surface area (Å²) in [6, 6.07) is 1.12. The van der Waals surface area contributed by atoms with Gasteiger partial charge in [0.2, 0.25) is 5.91 Å². The first kappa shape index (κ1) is 20.7. The maximum absolute atomic E-state index is 12.7. The maximum Gasteiger partial charge on any atom is 0.406 e. The molecule has 0 saturated carbocycles. The summed E-state index contributed by atoms with van der Waals surface area (Å²) in [7, 11) is 0. The quantitative estimate of drug-likeness (QED) is 0.779. The summed E-state index contributed by atoms with van der Waals surface area (Å²) < 4.78 is 38.8. The molecule has 0 unspecified atom stereocenters. The molecule has 0 aliphatic heterocycles. The van der Waals surface area contributed by atoms with Gasteiger partial charge in [0, 0.05) is 6.04 Å². The smallest absolute Gasteiger partial charge is 0.330 e. The van der Waals surface area contributed by atoms with Gasteiger partial charge in [0.25, 0.3) is 5.56 Å². The van der Waals surface area contributed by atoms with E-state index in [1.54, 1.807) is 13.8 Å². The van der Waals surface area contributed by atoms with E-state index >= 15 is 0 Å². The molecule has 138 valence electrons. The number of carbonyl (C=O) groups is 1. The number of alkyl halides is 3. The van der Waals surface area contributed by atoms with Crippen molar-refractivity contribution in [3.63, 3.8) is 0 Å². The second-order valence-electron chi connectivity index (χ2n) is 5.81. The van der Waals surface area contributed by atoms with Gasteiger partial charge in [-0.15, -0.1) is 0 Å². The van der Waals surface area contributed by atoms with Crippen LogP contribution in [-0.4, -0.2) is 39.4 Å². The van der Waals surface area contributed by atoms with E-state index in [-0.39, 0.29) is 5.56 Å². The zero-order valence-electron chi connectivity index (χ0n) is 14.6. The van der Waals surface area contributed by atoms with Gasteiger partial charge in [-0.1, -0.05) is 13.8 Å². The van der Waals surface area contributed by atoms with Crippen LogP contribution < -0.4 is 5.56 Å². The number of nitriles is 1. The summed E-state index contributed by atoms with van der Waals surface area (Å²) >= 11 is 0. The molecule has 0 bridgehead atoms. The number of aryl methyl sites for hydroxylation is 1. The van der Waals surface area contributed by atoms with Crippen LogP contribution in [0.4, 0.5) is 13.2 Å². The lowest BCUT2D eigenvalue weighted by atomic mass is 10.0. The first-order chi connectivity index (χ1) is 11.6. The second-order valence-corrected chi connectivity index (χ2v) is 5.81. The maximum atomic E-state index is 12.7. The van der Waals surface area contributed by atoms with Gasteiger partial charge in [0.05, 0.1) is 5.69 Å². The first-order valence-electron chi connectivity index (χ1n) is 7.94. The summed E-state index contributed by atoms with van der Waals surface area (Å²) in [6.07, 6.45) is -3.69. The van der Waals surface area contributed by atoms with Gasteiger partial charge in [-0.3, -0.25) is 9.59 Å². The molecule has 1 aromatic heterocycles. The molecule has 1 heterocycles. The van der Waals surface area contributed by atoms with Crippen molar-refractivity contribution in [2.75, 3.05) is 6.54 Å². The average molecular weight is 358 g/mol. The Labute approximate surface area is 143 Å². The van der Waals surface area contributed by atoms with Crippen LogP contribution >= 0.6 is 0 Å². The van der Waals surface area contributed by atoms with Crippen LogP contribution in [0.5, 0.6) is 0 Å². The lowest BCUT2D eigenvalue weighted by Gasteiger charge is -2.28. The topological polar surface area (TPSA) is 79.0 Å². The summed E-state index contributed by atoms with van der Waals surface area (Å²) in [5, 5.41) is 13.3. The number of rotatable bonds is 6. The number of hydrogen-bond acceptors (Lipinski definition) is 4. The summed E-state index contributed by atoms with van der Waals surface area (Å²) in [5.74, 6) is -0.878. The van der Waals surface area contributed by atoms with Gasteiger partial charge in [-0.2, -0.15) is 23.5 Å². The molecule has 1 amide bonds. The Kier molecular flexibility index (Phi) is 6.73. The molecule has 0 aromatic carbocycles. The van der Waals surface area contributed by atoms with E-state index in [2.05, 4.69) is 5.10 Å². The monoisotopic (exact) mass is 358 g/mol. The zero-order valence-corrected chi connectivity index (χ0v) is 14.6. The molecule has 0 spiro atoms. The SMILES string of the molecule is CCc1nn(CC(=O)N(CC(F)(F)F)C(C)C)c(=O)c(C#N)c1CC. The van der Waals surface area contributed by atoms with Crippen molar-refractivity contribution in [3.05, 3.63) is 27.2 Å². The predicted molar refractivity (Wildman–Crippen MR) is 84.9 cm³/mol. The van der Waals surface area contributed by atoms with Gasteiger partial charge >= 0.3 is 6.18 Å². The highest BCUT2D eigenvalue weighted by Gasteiger charge is 2.34. The molecule has 25 heavy (non-hydrogen) atoms. The van der Waals surface area contributed by atoms with Crippen LogP contribution in [0, 0.1) is 11.3 Å². The standard InChI is InChI=1S/C16H21F3N4O2/c1-5-11-12(7-20)15(25)23(21-13(11)6-2)8-14(24)22(10(3)4)9-16(17,18)19/h10H,5-6,8-9H2,1-4H3. The number of carbonyl (C=O) groups excluding carboxylic acids is 1. The van der Waals surface area contributed by atoms with Crippen molar-refractivity contribution in [2.24, 2.45) is 0 Å². The summed E-state index contributed by atoms with van der Waals surface area (Å²) in [6.45, 7) is 4.42. The lowest BCUT2D eigenvalue weighted by molar-refractivity contribution is -0.165. The van der Waals surface area contributed by atoms with E-state index in [1.807, 2.05) is 6.07 Å². The van der Waals surface area contributed by atoms with Crippen molar-refractivity contribution in [2.45, 2.75) is 59.3 Å². The fraction of sp³-hybridized carbons (Fsp3) is 0.625. The fourth-order valence-electron chi connectivity index (χ4n) is 2.51. The number of aromatic nitrogens is 2. The third kappa shape index (κ3) is 5.05. The third-order valence-electron chi connectivity index (χ3n) is 3.72. The molecule has 0 aliphatic rings. The average Bonchev–Trinajstić information content (AvgIpc) is 2.52. The van der Waals surface area contributed by atoms with Gasteiger partial charge in [-0.05, 0) is 32.3 Å². The molecule has 1 rings (SSSR count). The largest absolute Gasteiger partial charge is 0.406 e. The molecule has 9 heteroatoms. The van der Waals surface area contributed by atoms with E-state index in [4.69, 9.17) is 0 Å². The van der Waals surface area contributed by atoms with E-state index in [9.17, 15) is 28.0 Å². The van der Waals surface area contributed by atoms with Crippen LogP contribution in [0.3, 0.4) is 0 Å². The molecule has 0 fully saturated rings. The molecule has 0 radical (unpaired) electrons. The molecular formula is C16H21F3N4O2. The highest BCUT2D eigenvalue weighted by Crippen LogP contribution is 2.18. The Morgan fingerprint density at radius 3 is 2.32 bits per heavy atom. The highest BCUT2D eigenvalue weighted by molar-refractivity contribution is 5.76. The Morgan fingerprint density at radius 1 is 1.32 bits per heavy atom. The predicted octanol–water partition coefficient (Wildman–Crippen LogP) is 2.04. The first-order valence-corrected chi connectivity index (χ1v) is 7.94. The molecule has 1 aromatic rings. The van der Waals surface area contributed by atoms with Crippen LogP contribution in [0.1, 0.15) is 44.5 Å². The molecule has 0 saturated heterocycles. The van der Waals surface area contributed by atoms with Gasteiger partial charge < -0.3 is 4.90 Å². The van der Waals surface area contributed by atoms with Crippen molar-refractivity contribution >= 4 is 5.91 Å². The van der Waals surface area contributed by atoms with Crippen molar-refractivity contribution in [3.8, 4) is 6.07 Å². The van der Waals surface area contributed by atoms with Crippen molar-refractivity contribution in [1.82, 2.24) is 14.7 Å². The minimum absolute atomic E-state index is 0.117. The Balaban J connectivity index is 3.28. The minimum atomic E-state index is -4.54. The number of halogens is 3. The van der Waals surface area contributed by atoms with Crippen molar-refractivity contribution < 1.29 is 18.0 Å². The van der Waals surface area contributed by atoms with Crippen molar-refractivity contribution in [1.29, 1.82) is 5.26 Å². The van der Waals surface area contributed by atoms with E-state index in [0.717, 1.165) is 4.68 Å². The Morgan fingerprint density at radius 2 is 1.92 bits per heavy atom. The molecule has 0 atom stereocenters. The van der Waals surface area contributed by atoms with Crippen LogP contribution in [0.15, 0.2) is 4.79 Å². The summed E-state index contributed by atoms with van der Waals surface area (Å²) in [5.41, 5.74) is 0.114. The van der Waals surface area contributed by atoms with Gasteiger partial charge in [-0.25, -0.2) is 4.68 Å². The molecule has 0 aliphatic carbocycles. The fourth-order valence-corrected chi connectivity index (χ4v) is 2.51. The Hall–Kier alpha value is -2.37. The molecule has 0 N–H and O–H groups in total. The third-order valence-corrected chi connectivity index (χ3v) is 3.72. The van der Waals surface area contributed by atoms with Crippen LogP contribution in [-0.2, 0) is 24.2 Å². The normalized spacial score (nSPS) is 11.5. The van der Waals surface area contributed by atoms with Crippen LogP contribution in [0.25, 0.3) is 0 Å². The number of hydrogen-bond donors (Lipinski definition) is 0. The van der Waals surface area contributed by atoms with E-state index in [1.165, 1.54) is 13.8 Å². The van der Waals surface area contributed by atoms with Gasteiger partial charge in [0.15, 0.2) is 0 Å².